The van der Waals surface area contributed by atoms with E-state index in [0.717, 1.165) is 12.0 Å². The summed E-state index contributed by atoms with van der Waals surface area (Å²) >= 11 is 5.86. The minimum Gasteiger partial charge on any atom is -0.324 e. The maximum absolute atomic E-state index is 11.0. The number of Topliss-reactive ketones (excluding diaryl/α,β-unsaturated/α-hetero) is 1. The van der Waals surface area contributed by atoms with Crippen molar-refractivity contribution in [3.05, 3.63) is 34.3 Å². The first-order chi connectivity index (χ1) is 6.63. The van der Waals surface area contributed by atoms with Gasteiger partial charge >= 0.3 is 0 Å². The van der Waals surface area contributed by atoms with Crippen LogP contribution in [0.5, 0.6) is 0 Å². The highest BCUT2D eigenvalue weighted by atomic mass is 35.5. The molecule has 0 aliphatic rings. The van der Waals surface area contributed by atoms with Gasteiger partial charge in [-0.3, -0.25) is 4.79 Å². The highest BCUT2D eigenvalue weighted by Gasteiger charge is 2.03. The normalized spacial score (nSPS) is 10.2. The molecule has 0 aromatic heterocycles. The molecule has 0 saturated carbocycles. The number of halogens is 1. The van der Waals surface area contributed by atoms with E-state index >= 15 is 0 Å². The van der Waals surface area contributed by atoms with Crippen LogP contribution in [0.15, 0.2) is 18.2 Å². The highest BCUT2D eigenvalue weighted by Crippen LogP contribution is 2.16. The van der Waals surface area contributed by atoms with Gasteiger partial charge in [0.05, 0.1) is 6.54 Å². The zero-order chi connectivity index (χ0) is 10.6. The van der Waals surface area contributed by atoms with Gasteiger partial charge in [-0.25, -0.2) is 0 Å². The molecule has 0 spiro atoms. The Bertz CT molecular complexity index is 336. The molecule has 0 aliphatic heterocycles. The van der Waals surface area contributed by atoms with E-state index in [9.17, 15) is 4.79 Å². The third-order valence-electron chi connectivity index (χ3n) is 2.21. The third kappa shape index (κ3) is 3.13. The molecule has 2 N–H and O–H groups in total. The summed E-state index contributed by atoms with van der Waals surface area (Å²) in [5, 5.41) is 0.714. The number of hydrogen-bond donors (Lipinski definition) is 1. The Kier molecular flexibility index (Phi) is 4.11. The first-order valence-electron chi connectivity index (χ1n) is 4.60. The van der Waals surface area contributed by atoms with Crippen molar-refractivity contribution in [2.24, 2.45) is 5.73 Å². The van der Waals surface area contributed by atoms with Gasteiger partial charge in [0.1, 0.15) is 5.78 Å². The SMILES string of the molecule is Cc1ccc(Cl)cc1CCC(=O)CN. The van der Waals surface area contributed by atoms with E-state index in [2.05, 4.69) is 0 Å². The molecule has 14 heavy (non-hydrogen) atoms. The number of nitrogens with two attached hydrogens (primary N) is 1. The van der Waals surface area contributed by atoms with Crippen LogP contribution < -0.4 is 5.73 Å². The molecule has 1 rings (SSSR count). The molecule has 1 aromatic carbocycles. The maximum atomic E-state index is 11.0. The number of carbonyl (C=O) groups excluding carboxylic acids is 1. The number of rotatable bonds is 4. The smallest absolute Gasteiger partial charge is 0.146 e. The van der Waals surface area contributed by atoms with Crippen LogP contribution in [-0.4, -0.2) is 12.3 Å². The summed E-state index contributed by atoms with van der Waals surface area (Å²) in [5.41, 5.74) is 7.52. The van der Waals surface area contributed by atoms with Crippen LogP contribution in [0.1, 0.15) is 17.5 Å². The van der Waals surface area contributed by atoms with E-state index in [-0.39, 0.29) is 12.3 Å². The summed E-state index contributed by atoms with van der Waals surface area (Å²) in [6.45, 7) is 2.14. The van der Waals surface area contributed by atoms with Crippen LogP contribution in [0, 0.1) is 6.92 Å². The molecule has 0 bridgehead atoms. The van der Waals surface area contributed by atoms with Gasteiger partial charge in [-0.15, -0.1) is 0 Å². The largest absolute Gasteiger partial charge is 0.324 e. The van der Waals surface area contributed by atoms with Crippen molar-refractivity contribution in [2.75, 3.05) is 6.54 Å². The molecule has 1 aromatic rings. The van der Waals surface area contributed by atoms with Crippen LogP contribution in [0.4, 0.5) is 0 Å². The van der Waals surface area contributed by atoms with Crippen LogP contribution in [0.25, 0.3) is 0 Å². The van der Waals surface area contributed by atoms with Gasteiger partial charge in [0, 0.05) is 11.4 Å². The second-order valence-corrected chi connectivity index (χ2v) is 3.75. The highest BCUT2D eigenvalue weighted by molar-refractivity contribution is 6.30. The van der Waals surface area contributed by atoms with Crippen LogP contribution in [-0.2, 0) is 11.2 Å². The molecule has 3 heteroatoms. The fraction of sp³-hybridized carbons (Fsp3) is 0.364. The van der Waals surface area contributed by atoms with E-state index in [4.69, 9.17) is 17.3 Å². The molecule has 0 saturated heterocycles. The van der Waals surface area contributed by atoms with Crippen molar-refractivity contribution < 1.29 is 4.79 Å². The average Bonchev–Trinajstić information content (AvgIpc) is 2.19. The number of aryl methyl sites for hydroxylation is 2. The lowest BCUT2D eigenvalue weighted by Gasteiger charge is -2.05. The molecule has 0 radical (unpaired) electrons. The van der Waals surface area contributed by atoms with Crippen molar-refractivity contribution in [3.8, 4) is 0 Å². The predicted octanol–water partition coefficient (Wildman–Crippen LogP) is 2.11. The van der Waals surface area contributed by atoms with Crippen molar-refractivity contribution in [1.29, 1.82) is 0 Å². The zero-order valence-electron chi connectivity index (χ0n) is 8.22. The molecule has 0 aliphatic carbocycles. The minimum absolute atomic E-state index is 0.0874. The average molecular weight is 212 g/mol. The summed E-state index contributed by atoms with van der Waals surface area (Å²) in [6, 6.07) is 5.72. The van der Waals surface area contributed by atoms with Gasteiger partial charge in [-0.2, -0.15) is 0 Å². The summed E-state index contributed by atoms with van der Waals surface area (Å²) in [7, 11) is 0. The van der Waals surface area contributed by atoms with Gasteiger partial charge in [0.2, 0.25) is 0 Å². The molecule has 0 heterocycles. The number of benzene rings is 1. The molecule has 0 unspecified atom stereocenters. The van der Waals surface area contributed by atoms with Gasteiger partial charge in [0.25, 0.3) is 0 Å². The Hall–Kier alpha value is -0.860. The van der Waals surface area contributed by atoms with E-state index < -0.39 is 0 Å². The predicted molar refractivity (Wildman–Crippen MR) is 58.6 cm³/mol. The Balaban J connectivity index is 2.66. The maximum Gasteiger partial charge on any atom is 0.146 e. The Morgan fingerprint density at radius 2 is 2.21 bits per heavy atom. The number of ketones is 1. The molecular weight excluding hydrogens is 198 g/mol. The zero-order valence-corrected chi connectivity index (χ0v) is 8.97. The van der Waals surface area contributed by atoms with E-state index in [1.54, 1.807) is 0 Å². The quantitative estimate of drug-likeness (QED) is 0.829. The van der Waals surface area contributed by atoms with Gasteiger partial charge in [-0.1, -0.05) is 17.7 Å². The standard InChI is InChI=1S/C11H14ClNO/c1-8-2-4-10(12)6-9(8)3-5-11(14)7-13/h2,4,6H,3,5,7,13H2,1H3. The van der Waals surface area contributed by atoms with Crippen LogP contribution >= 0.6 is 11.6 Å². The number of hydrogen-bond acceptors (Lipinski definition) is 2. The minimum atomic E-state index is 0.0874. The van der Waals surface area contributed by atoms with E-state index in [1.165, 1.54) is 5.56 Å². The fourth-order valence-electron chi connectivity index (χ4n) is 1.29. The first kappa shape index (κ1) is 11.2. The van der Waals surface area contributed by atoms with Gasteiger partial charge in [-0.05, 0) is 36.6 Å². The fourth-order valence-corrected chi connectivity index (χ4v) is 1.48. The molecular formula is C11H14ClNO. The topological polar surface area (TPSA) is 43.1 Å². The number of carbonyl (C=O) groups is 1. The van der Waals surface area contributed by atoms with Crippen molar-refractivity contribution >= 4 is 17.4 Å². The molecule has 2 nitrogen and oxygen atoms in total. The van der Waals surface area contributed by atoms with Crippen molar-refractivity contribution in [1.82, 2.24) is 0 Å². The van der Waals surface area contributed by atoms with Gasteiger partial charge in [0.15, 0.2) is 0 Å². The van der Waals surface area contributed by atoms with E-state index in [1.807, 2.05) is 25.1 Å². The molecule has 76 valence electrons. The van der Waals surface area contributed by atoms with Crippen molar-refractivity contribution in [3.63, 3.8) is 0 Å². The molecule has 0 fully saturated rings. The molecule has 0 amide bonds. The summed E-state index contributed by atoms with van der Waals surface area (Å²) in [6.07, 6.45) is 1.22. The molecule has 0 atom stereocenters. The third-order valence-corrected chi connectivity index (χ3v) is 2.45. The second-order valence-electron chi connectivity index (χ2n) is 3.31. The summed E-state index contributed by atoms with van der Waals surface area (Å²) in [5.74, 6) is 0.0874. The summed E-state index contributed by atoms with van der Waals surface area (Å²) < 4.78 is 0. The Labute approximate surface area is 89.1 Å². The lowest BCUT2D eigenvalue weighted by Crippen LogP contribution is -2.13. The van der Waals surface area contributed by atoms with Crippen LogP contribution in [0.2, 0.25) is 5.02 Å². The monoisotopic (exact) mass is 211 g/mol. The lowest BCUT2D eigenvalue weighted by atomic mass is 10.0. The Morgan fingerprint density at radius 3 is 2.86 bits per heavy atom. The van der Waals surface area contributed by atoms with Gasteiger partial charge < -0.3 is 5.73 Å². The first-order valence-corrected chi connectivity index (χ1v) is 4.98. The Morgan fingerprint density at radius 1 is 1.50 bits per heavy atom. The lowest BCUT2D eigenvalue weighted by molar-refractivity contribution is -0.117. The van der Waals surface area contributed by atoms with Crippen LogP contribution in [0.3, 0.4) is 0 Å². The second kappa shape index (κ2) is 5.13. The van der Waals surface area contributed by atoms with E-state index in [0.29, 0.717) is 11.4 Å². The summed E-state index contributed by atoms with van der Waals surface area (Å²) in [4.78, 5) is 11.0. The van der Waals surface area contributed by atoms with Crippen molar-refractivity contribution in [2.45, 2.75) is 19.8 Å².